The first-order valence-corrected chi connectivity index (χ1v) is 7.31. The van der Waals surface area contributed by atoms with Crippen LogP contribution in [0.2, 0.25) is 0 Å². The van der Waals surface area contributed by atoms with Gasteiger partial charge >= 0.3 is 0 Å². The molecule has 0 aliphatic carbocycles. The maximum absolute atomic E-state index is 12.0. The molecule has 6 heteroatoms. The summed E-state index contributed by atoms with van der Waals surface area (Å²) in [7, 11) is 0. The van der Waals surface area contributed by atoms with E-state index in [2.05, 4.69) is 5.32 Å². The van der Waals surface area contributed by atoms with Crippen LogP contribution in [0.1, 0.15) is 39.5 Å². The van der Waals surface area contributed by atoms with Gasteiger partial charge in [0.2, 0.25) is 17.2 Å². The summed E-state index contributed by atoms with van der Waals surface area (Å²) in [6.45, 7) is 5.07. The third kappa shape index (κ3) is 4.37. The van der Waals surface area contributed by atoms with E-state index in [4.69, 9.17) is 4.55 Å². The van der Waals surface area contributed by atoms with Gasteiger partial charge in [0.05, 0.1) is 5.92 Å². The Morgan fingerprint density at radius 2 is 2.18 bits per heavy atom. The fourth-order valence-electron chi connectivity index (χ4n) is 2.11. The number of nitrogens with zero attached hydrogens (tertiary/aromatic N) is 1. The Bertz CT molecular complexity index is 282. The Balaban J connectivity index is 2.48. The Morgan fingerprint density at radius 3 is 2.71 bits per heavy atom. The fourth-order valence-corrected chi connectivity index (χ4v) is 2.70. The van der Waals surface area contributed by atoms with E-state index in [1.165, 1.54) is 4.31 Å². The Morgan fingerprint density at radius 1 is 1.53 bits per heavy atom. The van der Waals surface area contributed by atoms with Gasteiger partial charge in [0, 0.05) is 19.1 Å². The van der Waals surface area contributed by atoms with Crippen molar-refractivity contribution >= 4 is 17.2 Å². The van der Waals surface area contributed by atoms with Crippen LogP contribution in [0.3, 0.4) is 0 Å². The maximum atomic E-state index is 12.0. The van der Waals surface area contributed by atoms with E-state index < -0.39 is 11.3 Å². The second-order valence-corrected chi connectivity index (χ2v) is 5.46. The number of hydrogen-bond donors (Lipinski definition) is 2. The highest BCUT2D eigenvalue weighted by Crippen LogP contribution is 2.17. The molecule has 0 spiro atoms. The first kappa shape index (κ1) is 14.6. The van der Waals surface area contributed by atoms with Crippen molar-refractivity contribution in [2.24, 2.45) is 5.92 Å². The molecular weight excluding hydrogens is 240 g/mol. The van der Waals surface area contributed by atoms with E-state index in [0.717, 1.165) is 25.7 Å². The lowest BCUT2D eigenvalue weighted by molar-refractivity contribution is -0.126. The third-order valence-corrected chi connectivity index (χ3v) is 4.08. The van der Waals surface area contributed by atoms with Gasteiger partial charge in [0.1, 0.15) is 0 Å². The molecular formula is C11H22N2O3S. The van der Waals surface area contributed by atoms with Gasteiger partial charge in [-0.1, -0.05) is 13.8 Å². The zero-order valence-electron chi connectivity index (χ0n) is 10.5. The van der Waals surface area contributed by atoms with Crippen LogP contribution in [0.25, 0.3) is 0 Å². The molecule has 0 aromatic heterocycles. The average Bonchev–Trinajstić information content (AvgIpc) is 2.35. The smallest absolute Gasteiger partial charge is 0.234 e. The highest BCUT2D eigenvalue weighted by atomic mass is 32.2. The summed E-state index contributed by atoms with van der Waals surface area (Å²) in [5, 5.41) is 3.00. The maximum Gasteiger partial charge on any atom is 0.234 e. The molecule has 0 radical (unpaired) electrons. The molecule has 1 fully saturated rings. The lowest BCUT2D eigenvalue weighted by Crippen LogP contribution is -2.46. The molecule has 0 saturated carbocycles. The normalized spacial score (nSPS) is 23.6. The Hall–Kier alpha value is -0.460. The van der Waals surface area contributed by atoms with Crippen LogP contribution >= 0.6 is 0 Å². The molecule has 0 aromatic carbocycles. The highest BCUT2D eigenvalue weighted by molar-refractivity contribution is 7.76. The van der Waals surface area contributed by atoms with E-state index in [9.17, 15) is 9.00 Å². The van der Waals surface area contributed by atoms with Gasteiger partial charge in [-0.05, 0) is 25.7 Å². The van der Waals surface area contributed by atoms with Gasteiger partial charge in [-0.15, -0.1) is 0 Å². The third-order valence-electron chi connectivity index (χ3n) is 3.31. The van der Waals surface area contributed by atoms with Gasteiger partial charge < -0.3 is 5.32 Å². The molecule has 2 atom stereocenters. The number of rotatable bonds is 5. The van der Waals surface area contributed by atoms with Crippen molar-refractivity contribution in [3.05, 3.63) is 0 Å². The molecule has 1 rings (SSSR count). The Labute approximate surface area is 105 Å². The molecule has 5 nitrogen and oxygen atoms in total. The SMILES string of the molecule is CCC(CC)NC(=O)[C@@H]1CCCN(S(=O)O)C1. The average molecular weight is 262 g/mol. The van der Waals surface area contributed by atoms with Crippen LogP contribution in [0.15, 0.2) is 0 Å². The van der Waals surface area contributed by atoms with Gasteiger partial charge in [0.25, 0.3) is 0 Å². The molecule has 100 valence electrons. The van der Waals surface area contributed by atoms with Crippen molar-refractivity contribution in [2.75, 3.05) is 13.1 Å². The number of nitrogens with one attached hydrogen (secondary N) is 1. The molecule has 17 heavy (non-hydrogen) atoms. The van der Waals surface area contributed by atoms with Crippen LogP contribution in [0, 0.1) is 5.92 Å². The van der Waals surface area contributed by atoms with Crippen molar-refractivity contribution < 1.29 is 13.6 Å². The lowest BCUT2D eigenvalue weighted by Gasteiger charge is -2.29. The van der Waals surface area contributed by atoms with Gasteiger partial charge in [0.15, 0.2) is 0 Å². The molecule has 1 unspecified atom stereocenters. The Kier molecular flexibility index (Phi) is 6.08. The number of carbonyl (C=O) groups is 1. The molecule has 1 amide bonds. The number of piperidine rings is 1. The zero-order chi connectivity index (χ0) is 12.8. The van der Waals surface area contributed by atoms with Crippen molar-refractivity contribution in [1.29, 1.82) is 0 Å². The predicted octanol–water partition coefficient (Wildman–Crippen LogP) is 1.14. The molecule has 2 N–H and O–H groups in total. The van der Waals surface area contributed by atoms with Crippen LogP contribution < -0.4 is 5.32 Å². The topological polar surface area (TPSA) is 69.6 Å². The molecule has 1 aliphatic rings. The van der Waals surface area contributed by atoms with E-state index in [-0.39, 0.29) is 17.9 Å². The lowest BCUT2D eigenvalue weighted by atomic mass is 9.98. The first-order valence-electron chi connectivity index (χ1n) is 6.24. The van der Waals surface area contributed by atoms with E-state index in [0.29, 0.717) is 13.1 Å². The second-order valence-electron chi connectivity index (χ2n) is 4.48. The summed E-state index contributed by atoms with van der Waals surface area (Å²) in [6.07, 6.45) is 3.45. The van der Waals surface area contributed by atoms with Crippen molar-refractivity contribution in [3.8, 4) is 0 Å². The minimum atomic E-state index is -1.95. The van der Waals surface area contributed by atoms with Crippen LogP contribution in [-0.2, 0) is 16.1 Å². The fraction of sp³-hybridized carbons (Fsp3) is 0.909. The second kappa shape index (κ2) is 7.08. The van der Waals surface area contributed by atoms with E-state index >= 15 is 0 Å². The number of carbonyl (C=O) groups excluding carboxylic acids is 1. The summed E-state index contributed by atoms with van der Waals surface area (Å²) >= 11 is -1.95. The molecule has 0 aromatic rings. The monoisotopic (exact) mass is 262 g/mol. The summed E-state index contributed by atoms with van der Waals surface area (Å²) in [5.41, 5.74) is 0. The minimum Gasteiger partial charge on any atom is -0.353 e. The van der Waals surface area contributed by atoms with Crippen LogP contribution in [0.5, 0.6) is 0 Å². The molecule has 1 heterocycles. The van der Waals surface area contributed by atoms with Crippen LogP contribution in [0.4, 0.5) is 0 Å². The highest BCUT2D eigenvalue weighted by Gasteiger charge is 2.28. The van der Waals surface area contributed by atoms with Crippen molar-refractivity contribution in [2.45, 2.75) is 45.6 Å². The van der Waals surface area contributed by atoms with E-state index in [1.54, 1.807) is 0 Å². The van der Waals surface area contributed by atoms with Gasteiger partial charge in [-0.3, -0.25) is 9.35 Å². The van der Waals surface area contributed by atoms with Gasteiger partial charge in [-0.25, -0.2) is 8.51 Å². The summed E-state index contributed by atoms with van der Waals surface area (Å²) in [6, 6.07) is 0.220. The number of amides is 1. The predicted molar refractivity (Wildman–Crippen MR) is 67.6 cm³/mol. The first-order chi connectivity index (χ1) is 8.08. The number of hydrogen-bond acceptors (Lipinski definition) is 2. The standard InChI is InChI=1S/C11H22N2O3S/c1-3-10(4-2)12-11(14)9-6-5-7-13(8-9)17(15)16/h9-10H,3-8H2,1-2H3,(H,12,14)(H,15,16)/t9-/m1/s1. The van der Waals surface area contributed by atoms with Crippen molar-refractivity contribution in [1.82, 2.24) is 9.62 Å². The molecule has 1 saturated heterocycles. The summed E-state index contributed by atoms with van der Waals surface area (Å²) in [4.78, 5) is 12.0. The van der Waals surface area contributed by atoms with E-state index in [1.807, 2.05) is 13.8 Å². The summed E-state index contributed by atoms with van der Waals surface area (Å²) < 4.78 is 21.4. The van der Waals surface area contributed by atoms with Gasteiger partial charge in [-0.2, -0.15) is 0 Å². The summed E-state index contributed by atoms with van der Waals surface area (Å²) in [5.74, 6) is -0.130. The van der Waals surface area contributed by atoms with Crippen LogP contribution in [-0.4, -0.2) is 38.1 Å². The molecule has 1 aliphatic heterocycles. The quantitative estimate of drug-likeness (QED) is 0.730. The zero-order valence-corrected chi connectivity index (χ0v) is 11.3. The largest absolute Gasteiger partial charge is 0.353 e. The molecule has 0 bridgehead atoms. The van der Waals surface area contributed by atoms with Crippen molar-refractivity contribution in [3.63, 3.8) is 0 Å². The minimum absolute atomic E-state index is 0.0221.